The molecule has 2 N–H and O–H groups in total. The Morgan fingerprint density at radius 3 is 2.57 bits per heavy atom. The van der Waals surface area contributed by atoms with Crippen molar-refractivity contribution in [3.63, 3.8) is 0 Å². The maximum Gasteiger partial charge on any atom is 0.322 e. The minimum absolute atomic E-state index is 0.140. The second-order valence-electron chi connectivity index (χ2n) is 2.83. The molecule has 0 atom stereocenters. The van der Waals surface area contributed by atoms with Gasteiger partial charge in [0.1, 0.15) is 6.54 Å². The van der Waals surface area contributed by atoms with E-state index >= 15 is 0 Å². The zero-order valence-corrected chi connectivity index (χ0v) is 8.99. The van der Waals surface area contributed by atoms with Crippen LogP contribution in [0.4, 0.5) is 5.69 Å². The van der Waals surface area contributed by atoms with E-state index in [1.54, 1.807) is 12.1 Å². The van der Waals surface area contributed by atoms with Crippen molar-refractivity contribution in [1.29, 1.82) is 0 Å². The van der Waals surface area contributed by atoms with Crippen molar-refractivity contribution in [3.8, 4) is 0 Å². The number of aliphatic carboxylic acids is 1. The summed E-state index contributed by atoms with van der Waals surface area (Å²) in [5.41, 5.74) is 1.54. The average molecular weight is 234 g/mol. The van der Waals surface area contributed by atoms with Crippen LogP contribution in [0.25, 0.3) is 0 Å². The molecule has 0 saturated carbocycles. The Bertz CT molecular complexity index is 366. The van der Waals surface area contributed by atoms with Crippen LogP contribution < -0.4 is 5.32 Å². The fourth-order valence-corrected chi connectivity index (χ4v) is 1.39. The summed E-state index contributed by atoms with van der Waals surface area (Å²) >= 11 is 11.6. The van der Waals surface area contributed by atoms with E-state index in [1.165, 1.54) is 0 Å². The van der Waals surface area contributed by atoms with Crippen LogP contribution in [-0.4, -0.2) is 17.6 Å². The molecule has 0 aliphatic rings. The summed E-state index contributed by atoms with van der Waals surface area (Å²) in [6.45, 7) is 1.69. The topological polar surface area (TPSA) is 49.3 Å². The molecule has 3 nitrogen and oxygen atoms in total. The van der Waals surface area contributed by atoms with Gasteiger partial charge in [0, 0.05) is 5.69 Å². The van der Waals surface area contributed by atoms with E-state index in [0.717, 1.165) is 5.56 Å². The lowest BCUT2D eigenvalue weighted by Crippen LogP contribution is -2.12. The highest BCUT2D eigenvalue weighted by molar-refractivity contribution is 6.42. The summed E-state index contributed by atoms with van der Waals surface area (Å²) in [5.74, 6) is -0.921. The molecule has 0 heterocycles. The van der Waals surface area contributed by atoms with Crippen LogP contribution in [0.2, 0.25) is 10.0 Å². The van der Waals surface area contributed by atoms with Gasteiger partial charge < -0.3 is 10.4 Å². The number of carboxylic acids is 1. The Morgan fingerprint density at radius 1 is 1.43 bits per heavy atom. The standard InChI is InChI=1S/C9H9Cl2NO2/c1-5-2-6(10)7(11)3-8(5)12-4-9(13)14/h2-3,12H,4H2,1H3,(H,13,14). The maximum atomic E-state index is 10.3. The Balaban J connectivity index is 2.87. The SMILES string of the molecule is Cc1cc(Cl)c(Cl)cc1NCC(=O)O. The van der Waals surface area contributed by atoms with Gasteiger partial charge in [-0.05, 0) is 24.6 Å². The zero-order chi connectivity index (χ0) is 10.7. The molecule has 1 aromatic carbocycles. The molecule has 14 heavy (non-hydrogen) atoms. The number of carboxylic acid groups (broad SMARTS) is 1. The monoisotopic (exact) mass is 233 g/mol. The molecular weight excluding hydrogens is 225 g/mol. The van der Waals surface area contributed by atoms with E-state index in [-0.39, 0.29) is 6.54 Å². The van der Waals surface area contributed by atoms with Crippen LogP contribution in [0.1, 0.15) is 5.56 Å². The summed E-state index contributed by atoms with van der Waals surface area (Å²) in [7, 11) is 0. The number of carbonyl (C=O) groups is 1. The second kappa shape index (κ2) is 4.53. The van der Waals surface area contributed by atoms with Crippen molar-refractivity contribution in [2.75, 3.05) is 11.9 Å². The van der Waals surface area contributed by atoms with E-state index in [9.17, 15) is 4.79 Å². The molecular formula is C9H9Cl2NO2. The van der Waals surface area contributed by atoms with Gasteiger partial charge in [0.2, 0.25) is 0 Å². The lowest BCUT2D eigenvalue weighted by Gasteiger charge is -2.08. The van der Waals surface area contributed by atoms with Crippen molar-refractivity contribution in [3.05, 3.63) is 27.7 Å². The fraction of sp³-hybridized carbons (Fsp3) is 0.222. The Hall–Kier alpha value is -0.930. The number of hydrogen-bond donors (Lipinski definition) is 2. The minimum Gasteiger partial charge on any atom is -0.480 e. The predicted octanol–water partition coefficient (Wildman–Crippen LogP) is 2.80. The van der Waals surface area contributed by atoms with Gasteiger partial charge >= 0.3 is 5.97 Å². The number of benzene rings is 1. The number of halogens is 2. The first-order valence-corrected chi connectivity index (χ1v) is 4.67. The van der Waals surface area contributed by atoms with Crippen LogP contribution in [0.3, 0.4) is 0 Å². The van der Waals surface area contributed by atoms with Gasteiger partial charge in [-0.3, -0.25) is 4.79 Å². The molecule has 5 heteroatoms. The molecule has 0 radical (unpaired) electrons. The fourth-order valence-electron chi connectivity index (χ4n) is 1.01. The molecule has 0 unspecified atom stereocenters. The first-order chi connectivity index (χ1) is 6.50. The Labute approximate surface area is 91.6 Å². The smallest absolute Gasteiger partial charge is 0.322 e. The predicted molar refractivity (Wildman–Crippen MR) is 57.3 cm³/mol. The third kappa shape index (κ3) is 2.79. The lowest BCUT2D eigenvalue weighted by atomic mass is 10.2. The van der Waals surface area contributed by atoms with Gasteiger partial charge in [-0.2, -0.15) is 0 Å². The van der Waals surface area contributed by atoms with Gasteiger partial charge in [0.15, 0.2) is 0 Å². The molecule has 0 spiro atoms. The minimum atomic E-state index is -0.921. The van der Waals surface area contributed by atoms with Crippen molar-refractivity contribution in [2.45, 2.75) is 6.92 Å². The number of rotatable bonds is 3. The van der Waals surface area contributed by atoms with E-state index in [4.69, 9.17) is 28.3 Å². The molecule has 1 rings (SSSR count). The van der Waals surface area contributed by atoms with Gasteiger partial charge in [-0.25, -0.2) is 0 Å². The molecule has 0 aliphatic heterocycles. The van der Waals surface area contributed by atoms with Crippen LogP contribution in [-0.2, 0) is 4.79 Å². The summed E-state index contributed by atoms with van der Waals surface area (Å²) in [4.78, 5) is 10.3. The van der Waals surface area contributed by atoms with Crippen LogP contribution in [0, 0.1) is 6.92 Å². The second-order valence-corrected chi connectivity index (χ2v) is 3.64. The van der Waals surface area contributed by atoms with Crippen molar-refractivity contribution in [2.24, 2.45) is 0 Å². The molecule has 1 aromatic rings. The Morgan fingerprint density at radius 2 is 2.00 bits per heavy atom. The quantitative estimate of drug-likeness (QED) is 0.845. The van der Waals surface area contributed by atoms with E-state index < -0.39 is 5.97 Å². The number of aryl methyl sites for hydroxylation is 1. The summed E-state index contributed by atoms with van der Waals surface area (Å²) < 4.78 is 0. The van der Waals surface area contributed by atoms with Gasteiger partial charge in [0.05, 0.1) is 10.0 Å². The number of anilines is 1. The highest BCUT2D eigenvalue weighted by Crippen LogP contribution is 2.28. The first kappa shape index (κ1) is 11.1. The molecule has 0 aliphatic carbocycles. The summed E-state index contributed by atoms with van der Waals surface area (Å²) in [5, 5.41) is 12.1. The van der Waals surface area contributed by atoms with Crippen LogP contribution >= 0.6 is 23.2 Å². The average Bonchev–Trinajstić information content (AvgIpc) is 2.09. The van der Waals surface area contributed by atoms with Gasteiger partial charge in [0.25, 0.3) is 0 Å². The molecule has 76 valence electrons. The largest absolute Gasteiger partial charge is 0.480 e. The number of hydrogen-bond acceptors (Lipinski definition) is 2. The molecule has 0 aromatic heterocycles. The third-order valence-electron chi connectivity index (χ3n) is 1.70. The highest BCUT2D eigenvalue weighted by atomic mass is 35.5. The molecule has 0 fully saturated rings. The van der Waals surface area contributed by atoms with Crippen molar-refractivity contribution < 1.29 is 9.90 Å². The van der Waals surface area contributed by atoms with Gasteiger partial charge in [-0.15, -0.1) is 0 Å². The molecule has 0 amide bonds. The molecule has 0 saturated heterocycles. The van der Waals surface area contributed by atoms with Crippen LogP contribution in [0.5, 0.6) is 0 Å². The highest BCUT2D eigenvalue weighted by Gasteiger charge is 2.05. The van der Waals surface area contributed by atoms with Gasteiger partial charge in [-0.1, -0.05) is 23.2 Å². The zero-order valence-electron chi connectivity index (χ0n) is 7.47. The van der Waals surface area contributed by atoms with Crippen molar-refractivity contribution in [1.82, 2.24) is 0 Å². The first-order valence-electron chi connectivity index (χ1n) is 3.92. The molecule has 0 bridgehead atoms. The Kier molecular flexibility index (Phi) is 3.61. The van der Waals surface area contributed by atoms with Crippen LogP contribution in [0.15, 0.2) is 12.1 Å². The normalized spacial score (nSPS) is 9.93. The number of nitrogens with one attached hydrogen (secondary N) is 1. The van der Waals surface area contributed by atoms with Crippen molar-refractivity contribution >= 4 is 34.9 Å². The maximum absolute atomic E-state index is 10.3. The summed E-state index contributed by atoms with van der Waals surface area (Å²) in [6.07, 6.45) is 0. The van der Waals surface area contributed by atoms with E-state index in [1.807, 2.05) is 6.92 Å². The summed E-state index contributed by atoms with van der Waals surface area (Å²) in [6, 6.07) is 3.30. The third-order valence-corrected chi connectivity index (χ3v) is 2.42. The van der Waals surface area contributed by atoms with E-state index in [0.29, 0.717) is 15.7 Å². The lowest BCUT2D eigenvalue weighted by molar-refractivity contribution is -0.134. The van der Waals surface area contributed by atoms with E-state index in [2.05, 4.69) is 5.32 Å².